The average molecular weight is 422 g/mol. The topological polar surface area (TPSA) is 80.3 Å². The van der Waals surface area contributed by atoms with Crippen LogP contribution in [0.15, 0.2) is 54.7 Å². The Hall–Kier alpha value is -3.38. The average Bonchev–Trinajstić information content (AvgIpc) is 3.11. The number of hydrogen-bond donors (Lipinski definition) is 2. The SMILES string of the molecule is Cc1cc(NC(=O)CNc2ccc(Oc3ccnc4c3CC(=O)C4)cc2)ccc1Cl. The molecule has 0 spiro atoms. The molecule has 0 saturated carbocycles. The number of carbonyl (C=O) groups is 2. The van der Waals surface area contributed by atoms with Gasteiger partial charge in [-0.15, -0.1) is 0 Å². The highest BCUT2D eigenvalue weighted by atomic mass is 35.5. The highest BCUT2D eigenvalue weighted by Crippen LogP contribution is 2.31. The number of aromatic nitrogens is 1. The molecule has 1 heterocycles. The van der Waals surface area contributed by atoms with Crippen molar-refractivity contribution in [1.29, 1.82) is 0 Å². The third kappa shape index (κ3) is 4.60. The van der Waals surface area contributed by atoms with Gasteiger partial charge in [-0.25, -0.2) is 0 Å². The molecule has 6 nitrogen and oxygen atoms in total. The lowest BCUT2D eigenvalue weighted by Gasteiger charge is -2.11. The Morgan fingerprint density at radius 3 is 2.63 bits per heavy atom. The smallest absolute Gasteiger partial charge is 0.243 e. The molecule has 0 aliphatic heterocycles. The lowest BCUT2D eigenvalue weighted by atomic mass is 10.2. The van der Waals surface area contributed by atoms with E-state index in [2.05, 4.69) is 15.6 Å². The number of Topliss-reactive ketones (excluding diaryl/α,β-unsaturated/α-hetero) is 1. The van der Waals surface area contributed by atoms with Gasteiger partial charge in [0.1, 0.15) is 17.3 Å². The van der Waals surface area contributed by atoms with Crippen molar-refractivity contribution in [3.8, 4) is 11.5 Å². The van der Waals surface area contributed by atoms with Crippen LogP contribution >= 0.6 is 11.6 Å². The first-order chi connectivity index (χ1) is 14.5. The second-order valence-corrected chi connectivity index (χ2v) is 7.53. The van der Waals surface area contributed by atoms with Crippen LogP contribution in [0.25, 0.3) is 0 Å². The zero-order valence-electron chi connectivity index (χ0n) is 16.4. The molecule has 4 rings (SSSR count). The lowest BCUT2D eigenvalue weighted by Crippen LogP contribution is -2.21. The molecule has 0 fully saturated rings. The number of carbonyl (C=O) groups excluding carboxylic acids is 2. The number of ether oxygens (including phenoxy) is 1. The third-order valence-corrected chi connectivity index (χ3v) is 5.24. The third-order valence-electron chi connectivity index (χ3n) is 4.82. The van der Waals surface area contributed by atoms with E-state index in [1.165, 1.54) is 0 Å². The zero-order chi connectivity index (χ0) is 21.1. The summed E-state index contributed by atoms with van der Waals surface area (Å²) < 4.78 is 5.94. The van der Waals surface area contributed by atoms with Crippen molar-refractivity contribution in [3.05, 3.63) is 76.6 Å². The van der Waals surface area contributed by atoms with E-state index in [0.717, 1.165) is 22.5 Å². The van der Waals surface area contributed by atoms with Crippen LogP contribution in [0.1, 0.15) is 16.8 Å². The minimum Gasteiger partial charge on any atom is -0.457 e. The summed E-state index contributed by atoms with van der Waals surface area (Å²) in [6, 6.07) is 14.4. The molecule has 2 N–H and O–H groups in total. The summed E-state index contributed by atoms with van der Waals surface area (Å²) in [5.74, 6) is 1.30. The van der Waals surface area contributed by atoms with E-state index in [1.807, 2.05) is 37.3 Å². The van der Waals surface area contributed by atoms with Gasteiger partial charge in [-0.05, 0) is 61.0 Å². The standard InChI is InChI=1S/C23H20ClN3O3/c1-14-10-16(4-7-20(14)24)27-23(29)13-26-15-2-5-18(6-3-15)30-22-8-9-25-21-12-17(28)11-19(21)22/h2-10,26H,11-13H2,1H3,(H,27,29). The molecule has 1 aliphatic rings. The molecule has 1 amide bonds. The number of ketones is 1. The van der Waals surface area contributed by atoms with Crippen molar-refractivity contribution in [3.63, 3.8) is 0 Å². The van der Waals surface area contributed by atoms with Crippen LogP contribution in [0, 0.1) is 6.92 Å². The van der Waals surface area contributed by atoms with Gasteiger partial charge < -0.3 is 15.4 Å². The predicted octanol–water partition coefficient (Wildman–Crippen LogP) is 4.55. The van der Waals surface area contributed by atoms with E-state index in [0.29, 0.717) is 35.1 Å². The first-order valence-corrected chi connectivity index (χ1v) is 9.92. The lowest BCUT2D eigenvalue weighted by molar-refractivity contribution is -0.117. The van der Waals surface area contributed by atoms with Crippen molar-refractivity contribution in [2.75, 3.05) is 17.2 Å². The van der Waals surface area contributed by atoms with Crippen LogP contribution < -0.4 is 15.4 Å². The fourth-order valence-corrected chi connectivity index (χ4v) is 3.39. The van der Waals surface area contributed by atoms with Gasteiger partial charge in [-0.3, -0.25) is 14.6 Å². The number of hydrogen-bond acceptors (Lipinski definition) is 5. The second kappa shape index (κ2) is 8.55. The van der Waals surface area contributed by atoms with Crippen molar-refractivity contribution < 1.29 is 14.3 Å². The van der Waals surface area contributed by atoms with Crippen LogP contribution in [0.5, 0.6) is 11.5 Å². The Morgan fingerprint density at radius 1 is 1.10 bits per heavy atom. The fourth-order valence-electron chi connectivity index (χ4n) is 3.28. The maximum absolute atomic E-state index is 12.2. The van der Waals surface area contributed by atoms with Gasteiger partial charge in [-0.2, -0.15) is 0 Å². The summed E-state index contributed by atoms with van der Waals surface area (Å²) in [4.78, 5) is 28.1. The van der Waals surface area contributed by atoms with Gasteiger partial charge in [0.2, 0.25) is 5.91 Å². The number of anilines is 2. The van der Waals surface area contributed by atoms with E-state index in [1.54, 1.807) is 24.4 Å². The normalized spacial score (nSPS) is 12.4. The molecular formula is C23H20ClN3O3. The monoisotopic (exact) mass is 421 g/mol. The predicted molar refractivity (Wildman–Crippen MR) is 116 cm³/mol. The molecule has 0 unspecified atom stereocenters. The zero-order valence-corrected chi connectivity index (χ0v) is 17.1. The van der Waals surface area contributed by atoms with Gasteiger partial charge in [0.25, 0.3) is 0 Å². The van der Waals surface area contributed by atoms with Crippen molar-refractivity contribution in [2.45, 2.75) is 19.8 Å². The second-order valence-electron chi connectivity index (χ2n) is 7.12. The number of nitrogens with zero attached hydrogens (tertiary/aromatic N) is 1. The minimum absolute atomic E-state index is 0.127. The van der Waals surface area contributed by atoms with Crippen LogP contribution in [0.2, 0.25) is 5.02 Å². The van der Waals surface area contributed by atoms with Crippen molar-refractivity contribution in [2.24, 2.45) is 0 Å². The summed E-state index contributed by atoms with van der Waals surface area (Å²) >= 11 is 6.00. The summed E-state index contributed by atoms with van der Waals surface area (Å²) in [7, 11) is 0. The van der Waals surface area contributed by atoms with Gasteiger partial charge in [-0.1, -0.05) is 11.6 Å². The number of aryl methyl sites for hydroxylation is 1. The molecule has 152 valence electrons. The Morgan fingerprint density at radius 2 is 1.87 bits per heavy atom. The van der Waals surface area contributed by atoms with Crippen LogP contribution in [0.3, 0.4) is 0 Å². The molecule has 0 atom stereocenters. The Balaban J connectivity index is 1.33. The molecule has 0 bridgehead atoms. The summed E-state index contributed by atoms with van der Waals surface area (Å²) in [5.41, 5.74) is 4.05. The van der Waals surface area contributed by atoms with Crippen LogP contribution in [-0.2, 0) is 22.4 Å². The quantitative estimate of drug-likeness (QED) is 0.610. The molecule has 2 aromatic carbocycles. The molecule has 1 aliphatic carbocycles. The summed E-state index contributed by atoms with van der Waals surface area (Å²) in [5, 5.41) is 6.58. The number of amides is 1. The van der Waals surface area contributed by atoms with E-state index in [9.17, 15) is 9.59 Å². The summed E-state index contributed by atoms with van der Waals surface area (Å²) in [6.07, 6.45) is 2.39. The number of nitrogens with one attached hydrogen (secondary N) is 2. The maximum Gasteiger partial charge on any atom is 0.243 e. The van der Waals surface area contributed by atoms with E-state index in [4.69, 9.17) is 16.3 Å². The van der Waals surface area contributed by atoms with Crippen LogP contribution in [-0.4, -0.2) is 23.2 Å². The molecule has 0 saturated heterocycles. The fraction of sp³-hybridized carbons (Fsp3) is 0.174. The first-order valence-electron chi connectivity index (χ1n) is 9.54. The number of pyridine rings is 1. The number of fused-ring (bicyclic) bond motifs is 1. The molecule has 1 aromatic heterocycles. The van der Waals surface area contributed by atoms with E-state index < -0.39 is 0 Å². The number of rotatable bonds is 6. The van der Waals surface area contributed by atoms with Crippen molar-refractivity contribution >= 4 is 34.7 Å². The van der Waals surface area contributed by atoms with Gasteiger partial charge in [0.05, 0.1) is 12.2 Å². The molecule has 3 aromatic rings. The summed E-state index contributed by atoms with van der Waals surface area (Å²) in [6.45, 7) is 2.01. The minimum atomic E-state index is -0.158. The maximum atomic E-state index is 12.2. The largest absolute Gasteiger partial charge is 0.457 e. The Kier molecular flexibility index (Phi) is 5.68. The first kappa shape index (κ1) is 19.9. The van der Waals surface area contributed by atoms with Gasteiger partial charge >= 0.3 is 0 Å². The molecule has 0 radical (unpaired) electrons. The van der Waals surface area contributed by atoms with E-state index >= 15 is 0 Å². The number of benzene rings is 2. The molecule has 30 heavy (non-hydrogen) atoms. The molecular weight excluding hydrogens is 402 g/mol. The van der Waals surface area contributed by atoms with Gasteiger partial charge in [0, 0.05) is 41.0 Å². The van der Waals surface area contributed by atoms with E-state index in [-0.39, 0.29) is 18.2 Å². The molecule has 7 heteroatoms. The van der Waals surface area contributed by atoms with Crippen molar-refractivity contribution in [1.82, 2.24) is 4.98 Å². The highest BCUT2D eigenvalue weighted by Gasteiger charge is 2.23. The van der Waals surface area contributed by atoms with Crippen LogP contribution in [0.4, 0.5) is 11.4 Å². The Labute approximate surface area is 179 Å². The highest BCUT2D eigenvalue weighted by molar-refractivity contribution is 6.31. The van der Waals surface area contributed by atoms with Gasteiger partial charge in [0.15, 0.2) is 0 Å². The number of halogens is 1. The Bertz CT molecular complexity index is 1110.